The Balaban J connectivity index is 1.36. The number of hydrogen-bond donors (Lipinski definition) is 1. The molecule has 1 aliphatic carbocycles. The number of aromatic nitrogens is 3. The van der Waals surface area contributed by atoms with Gasteiger partial charge >= 0.3 is 6.09 Å². The van der Waals surface area contributed by atoms with E-state index in [0.29, 0.717) is 17.8 Å². The number of nitrogens with zero attached hydrogens (tertiary/aromatic N) is 4. The van der Waals surface area contributed by atoms with Gasteiger partial charge < -0.3 is 19.5 Å². The average Bonchev–Trinajstić information content (AvgIpc) is 2.98. The fourth-order valence-electron chi connectivity index (χ4n) is 3.91. The molecule has 7 heteroatoms. The van der Waals surface area contributed by atoms with Crippen molar-refractivity contribution in [1.82, 2.24) is 19.9 Å². The van der Waals surface area contributed by atoms with Crippen LogP contribution in [0.15, 0.2) is 18.6 Å². The number of likely N-dealkylation sites (tertiary alicyclic amines) is 1. The summed E-state index contributed by atoms with van der Waals surface area (Å²) in [5.74, 6) is 2.77. The van der Waals surface area contributed by atoms with Crippen molar-refractivity contribution >= 4 is 22.9 Å². The van der Waals surface area contributed by atoms with E-state index in [1.807, 2.05) is 31.0 Å². The molecule has 1 saturated carbocycles. The van der Waals surface area contributed by atoms with E-state index in [0.717, 1.165) is 36.5 Å². The van der Waals surface area contributed by atoms with Gasteiger partial charge in [-0.05, 0) is 37.7 Å². The van der Waals surface area contributed by atoms with Crippen LogP contribution in [0, 0.1) is 17.8 Å². The lowest BCUT2D eigenvalue weighted by Crippen LogP contribution is -2.35. The highest BCUT2D eigenvalue weighted by molar-refractivity contribution is 5.87. The van der Waals surface area contributed by atoms with Crippen molar-refractivity contribution < 1.29 is 9.53 Å². The maximum absolute atomic E-state index is 12.0. The molecule has 1 aliphatic heterocycles. The largest absolute Gasteiger partial charge is 0.447 e. The van der Waals surface area contributed by atoms with Crippen LogP contribution in [0.5, 0.6) is 0 Å². The normalized spacial score (nSPS) is 25.2. The van der Waals surface area contributed by atoms with E-state index in [-0.39, 0.29) is 12.2 Å². The Kier molecular flexibility index (Phi) is 3.58. The van der Waals surface area contributed by atoms with E-state index in [1.54, 1.807) is 6.33 Å². The van der Waals surface area contributed by atoms with Crippen molar-refractivity contribution in [1.29, 1.82) is 0 Å². The van der Waals surface area contributed by atoms with Crippen molar-refractivity contribution in [2.75, 3.05) is 31.6 Å². The van der Waals surface area contributed by atoms with Gasteiger partial charge in [0.25, 0.3) is 0 Å². The quantitative estimate of drug-likeness (QED) is 0.930. The van der Waals surface area contributed by atoms with Crippen molar-refractivity contribution in [2.24, 2.45) is 17.8 Å². The van der Waals surface area contributed by atoms with E-state index in [4.69, 9.17) is 4.74 Å². The molecule has 0 unspecified atom stereocenters. The highest BCUT2D eigenvalue weighted by Crippen LogP contribution is 2.52. The third-order valence-electron chi connectivity index (χ3n) is 5.15. The number of anilines is 1. The molecule has 7 nitrogen and oxygen atoms in total. The third kappa shape index (κ3) is 2.57. The summed E-state index contributed by atoms with van der Waals surface area (Å²) >= 11 is 0. The second-order valence-electron chi connectivity index (χ2n) is 7.15. The first-order valence-corrected chi connectivity index (χ1v) is 8.49. The molecule has 2 aromatic rings. The Morgan fingerprint density at radius 1 is 1.42 bits per heavy atom. The monoisotopic (exact) mass is 329 g/mol. The van der Waals surface area contributed by atoms with Crippen LogP contribution in [0.3, 0.4) is 0 Å². The molecule has 128 valence electrons. The Morgan fingerprint density at radius 2 is 2.17 bits per heavy atom. The van der Waals surface area contributed by atoms with Gasteiger partial charge in [0.15, 0.2) is 0 Å². The number of ether oxygens (including phenoxy) is 1. The topological polar surface area (TPSA) is 74.3 Å². The molecule has 3 atom stereocenters. The lowest BCUT2D eigenvalue weighted by atomic mass is 10.2. The first kappa shape index (κ1) is 15.2. The Bertz CT molecular complexity index is 746. The van der Waals surface area contributed by atoms with Gasteiger partial charge in [-0.25, -0.2) is 14.8 Å². The van der Waals surface area contributed by atoms with Gasteiger partial charge in [-0.1, -0.05) is 0 Å². The maximum atomic E-state index is 12.0. The number of carbonyl (C=O) groups excluding carboxylic acids is 1. The number of rotatable bonds is 4. The summed E-state index contributed by atoms with van der Waals surface area (Å²) in [6, 6.07) is 2.01. The van der Waals surface area contributed by atoms with Crippen molar-refractivity contribution in [3.8, 4) is 0 Å². The number of carbonyl (C=O) groups is 1. The first-order chi connectivity index (χ1) is 11.5. The zero-order valence-corrected chi connectivity index (χ0v) is 14.3. The lowest BCUT2D eigenvalue weighted by Gasteiger charge is -2.23. The molecule has 2 fully saturated rings. The van der Waals surface area contributed by atoms with E-state index in [1.165, 1.54) is 0 Å². The van der Waals surface area contributed by atoms with Gasteiger partial charge in [0.1, 0.15) is 17.8 Å². The standard InChI is InChI=1S/C17H23N5O2/c1-10(2)24-17(23)22-7-13-12(14(13)8-22)6-21(3)16-11-4-5-18-15(11)19-9-20-16/h4-5,9-10,12-14H,6-8H2,1-3H3,(H,18,19,20)/t12-,13-,14+. The molecule has 0 aromatic carbocycles. The first-order valence-electron chi connectivity index (χ1n) is 8.49. The zero-order valence-electron chi connectivity index (χ0n) is 14.3. The number of piperidine rings is 1. The molecule has 1 amide bonds. The summed E-state index contributed by atoms with van der Waals surface area (Å²) in [4.78, 5) is 27.8. The molecule has 4 rings (SSSR count). The number of aromatic amines is 1. The molecule has 2 aliphatic rings. The number of nitrogens with one attached hydrogen (secondary N) is 1. The molecule has 0 radical (unpaired) electrons. The maximum Gasteiger partial charge on any atom is 0.410 e. The van der Waals surface area contributed by atoms with Crippen molar-refractivity contribution in [3.63, 3.8) is 0 Å². The third-order valence-corrected chi connectivity index (χ3v) is 5.15. The van der Waals surface area contributed by atoms with Crippen LogP contribution in [0.4, 0.5) is 10.6 Å². The van der Waals surface area contributed by atoms with Crippen molar-refractivity contribution in [3.05, 3.63) is 18.6 Å². The van der Waals surface area contributed by atoms with Crippen LogP contribution in [-0.2, 0) is 4.74 Å². The average molecular weight is 329 g/mol. The second kappa shape index (κ2) is 5.65. The van der Waals surface area contributed by atoms with E-state index in [2.05, 4.69) is 26.9 Å². The highest BCUT2D eigenvalue weighted by atomic mass is 16.6. The molecule has 2 aromatic heterocycles. The minimum absolute atomic E-state index is 0.0575. The Labute approximate surface area is 141 Å². The van der Waals surface area contributed by atoms with Crippen LogP contribution in [0.25, 0.3) is 11.0 Å². The molecule has 1 N–H and O–H groups in total. The van der Waals surface area contributed by atoms with Crippen molar-refractivity contribution in [2.45, 2.75) is 20.0 Å². The summed E-state index contributed by atoms with van der Waals surface area (Å²) in [6.45, 7) is 6.36. The SMILES string of the molecule is CC(C)OC(=O)N1C[C@@H]2[C@H](C1)[C@H]2CN(C)c1ncnc2[nH]ccc12. The predicted molar refractivity (Wildman–Crippen MR) is 90.8 cm³/mol. The van der Waals surface area contributed by atoms with Crippen LogP contribution in [-0.4, -0.2) is 58.7 Å². The van der Waals surface area contributed by atoms with Gasteiger partial charge in [-0.2, -0.15) is 0 Å². The molecule has 0 spiro atoms. The van der Waals surface area contributed by atoms with Gasteiger partial charge in [0.05, 0.1) is 11.5 Å². The van der Waals surface area contributed by atoms with Crippen LogP contribution in [0.2, 0.25) is 0 Å². The summed E-state index contributed by atoms with van der Waals surface area (Å²) in [7, 11) is 2.08. The molecular formula is C17H23N5O2. The number of fused-ring (bicyclic) bond motifs is 2. The Morgan fingerprint density at radius 3 is 2.88 bits per heavy atom. The van der Waals surface area contributed by atoms with E-state index >= 15 is 0 Å². The predicted octanol–water partition coefficient (Wildman–Crippen LogP) is 2.12. The van der Waals surface area contributed by atoms with E-state index in [9.17, 15) is 4.79 Å². The number of H-pyrrole nitrogens is 1. The highest BCUT2D eigenvalue weighted by Gasteiger charge is 2.57. The molecule has 1 saturated heterocycles. The summed E-state index contributed by atoms with van der Waals surface area (Å²) in [5.41, 5.74) is 0.866. The molecule has 0 bridgehead atoms. The second-order valence-corrected chi connectivity index (χ2v) is 7.15. The fraction of sp³-hybridized carbons (Fsp3) is 0.588. The molecule has 24 heavy (non-hydrogen) atoms. The smallest absolute Gasteiger partial charge is 0.410 e. The van der Waals surface area contributed by atoms with Gasteiger partial charge in [-0.3, -0.25) is 0 Å². The summed E-state index contributed by atoms with van der Waals surface area (Å²) in [5, 5.41) is 1.05. The van der Waals surface area contributed by atoms with Gasteiger partial charge in [0.2, 0.25) is 0 Å². The number of hydrogen-bond acceptors (Lipinski definition) is 5. The summed E-state index contributed by atoms with van der Waals surface area (Å²) < 4.78 is 5.28. The van der Waals surface area contributed by atoms with E-state index < -0.39 is 0 Å². The fourth-order valence-corrected chi connectivity index (χ4v) is 3.91. The Hall–Kier alpha value is -2.31. The molecule has 3 heterocycles. The van der Waals surface area contributed by atoms with Crippen LogP contribution in [0.1, 0.15) is 13.8 Å². The summed E-state index contributed by atoms with van der Waals surface area (Å²) in [6.07, 6.45) is 3.26. The van der Waals surface area contributed by atoms with Gasteiger partial charge in [-0.15, -0.1) is 0 Å². The van der Waals surface area contributed by atoms with Gasteiger partial charge in [0, 0.05) is 32.9 Å². The van der Waals surface area contributed by atoms with Crippen LogP contribution >= 0.6 is 0 Å². The van der Waals surface area contributed by atoms with Crippen LogP contribution < -0.4 is 4.90 Å². The molecular weight excluding hydrogens is 306 g/mol. The lowest BCUT2D eigenvalue weighted by molar-refractivity contribution is 0.0791. The minimum Gasteiger partial charge on any atom is -0.447 e. The minimum atomic E-state index is -0.172. The number of amides is 1. The zero-order chi connectivity index (χ0) is 16.8.